The molecule has 0 amide bonds. The lowest BCUT2D eigenvalue weighted by Gasteiger charge is -2.14. The van der Waals surface area contributed by atoms with Gasteiger partial charge in [-0.3, -0.25) is 4.57 Å². The van der Waals surface area contributed by atoms with Crippen molar-refractivity contribution in [2.24, 2.45) is 0 Å². The number of aryl methyl sites for hydroxylation is 2. The van der Waals surface area contributed by atoms with Crippen LogP contribution in [0.2, 0.25) is 0 Å². The van der Waals surface area contributed by atoms with Gasteiger partial charge in [-0.25, -0.2) is 4.98 Å². The molecule has 0 aliphatic rings. The van der Waals surface area contributed by atoms with Gasteiger partial charge < -0.3 is 5.73 Å². The molecule has 0 radical (unpaired) electrons. The SMILES string of the molecule is Cc1cc(Br)cc(C)c1-n1c(N)nc2cc(I)ccc21. The Morgan fingerprint density at radius 1 is 1.15 bits per heavy atom. The molecule has 0 unspecified atom stereocenters. The number of hydrogen-bond donors (Lipinski definition) is 1. The van der Waals surface area contributed by atoms with Crippen LogP contribution in [0, 0.1) is 17.4 Å². The lowest BCUT2D eigenvalue weighted by Crippen LogP contribution is -2.04. The highest BCUT2D eigenvalue weighted by atomic mass is 127. The highest BCUT2D eigenvalue weighted by Gasteiger charge is 2.14. The van der Waals surface area contributed by atoms with Gasteiger partial charge in [-0.1, -0.05) is 15.9 Å². The zero-order valence-corrected chi connectivity index (χ0v) is 14.9. The molecular formula is C15H13BrIN3. The second kappa shape index (κ2) is 5.04. The molecule has 0 aliphatic carbocycles. The number of benzene rings is 2. The fraction of sp³-hybridized carbons (Fsp3) is 0.133. The molecule has 3 aromatic rings. The van der Waals surface area contributed by atoms with Crippen molar-refractivity contribution in [3.63, 3.8) is 0 Å². The Morgan fingerprint density at radius 3 is 2.45 bits per heavy atom. The van der Waals surface area contributed by atoms with Crippen LogP contribution in [0.1, 0.15) is 11.1 Å². The molecule has 0 atom stereocenters. The van der Waals surface area contributed by atoms with Crippen LogP contribution in [0.4, 0.5) is 5.95 Å². The smallest absolute Gasteiger partial charge is 0.205 e. The first kappa shape index (κ1) is 13.9. The standard InChI is InChI=1S/C15H13BrIN3/c1-8-5-10(16)6-9(2)14(8)20-13-4-3-11(17)7-12(13)19-15(20)18/h3-7H,1-2H3,(H2,18,19). The molecule has 3 nitrogen and oxygen atoms in total. The molecule has 5 heteroatoms. The number of nitrogens with two attached hydrogens (primary N) is 1. The Kier molecular flexibility index (Phi) is 3.50. The summed E-state index contributed by atoms with van der Waals surface area (Å²) < 4.78 is 4.26. The summed E-state index contributed by atoms with van der Waals surface area (Å²) in [7, 11) is 0. The van der Waals surface area contributed by atoms with E-state index in [1.165, 1.54) is 11.1 Å². The maximum absolute atomic E-state index is 6.15. The maximum atomic E-state index is 6.15. The monoisotopic (exact) mass is 441 g/mol. The first-order chi connectivity index (χ1) is 9.47. The van der Waals surface area contributed by atoms with Gasteiger partial charge in [0.1, 0.15) is 0 Å². The van der Waals surface area contributed by atoms with E-state index >= 15 is 0 Å². The molecule has 2 aromatic carbocycles. The Morgan fingerprint density at radius 2 is 1.80 bits per heavy atom. The first-order valence-electron chi connectivity index (χ1n) is 6.18. The van der Waals surface area contributed by atoms with E-state index in [0.717, 1.165) is 24.8 Å². The van der Waals surface area contributed by atoms with Crippen molar-refractivity contribution in [2.45, 2.75) is 13.8 Å². The number of hydrogen-bond acceptors (Lipinski definition) is 2. The lowest BCUT2D eigenvalue weighted by molar-refractivity contribution is 1.07. The number of anilines is 1. The number of imidazole rings is 1. The molecule has 1 aromatic heterocycles. The molecule has 2 N–H and O–H groups in total. The van der Waals surface area contributed by atoms with Gasteiger partial charge in [0.25, 0.3) is 0 Å². The minimum Gasteiger partial charge on any atom is -0.369 e. The Labute approximate surface area is 139 Å². The normalized spacial score (nSPS) is 11.2. The second-order valence-electron chi connectivity index (χ2n) is 4.83. The summed E-state index contributed by atoms with van der Waals surface area (Å²) in [4.78, 5) is 4.48. The van der Waals surface area contributed by atoms with Crippen molar-refractivity contribution in [1.29, 1.82) is 0 Å². The van der Waals surface area contributed by atoms with E-state index < -0.39 is 0 Å². The first-order valence-corrected chi connectivity index (χ1v) is 8.05. The molecule has 20 heavy (non-hydrogen) atoms. The van der Waals surface area contributed by atoms with Crippen LogP contribution < -0.4 is 5.73 Å². The van der Waals surface area contributed by atoms with Crippen LogP contribution in [0.3, 0.4) is 0 Å². The minimum atomic E-state index is 0.524. The van der Waals surface area contributed by atoms with E-state index in [1.54, 1.807) is 0 Å². The third-order valence-electron chi connectivity index (χ3n) is 3.32. The van der Waals surface area contributed by atoms with Gasteiger partial charge in [0.05, 0.1) is 16.7 Å². The van der Waals surface area contributed by atoms with E-state index in [2.05, 4.69) is 81.6 Å². The summed E-state index contributed by atoms with van der Waals surface area (Å²) in [6.45, 7) is 4.18. The van der Waals surface area contributed by atoms with E-state index in [1.807, 2.05) is 10.6 Å². The quantitative estimate of drug-likeness (QED) is 0.561. The summed E-state index contributed by atoms with van der Waals surface area (Å²) in [6, 6.07) is 10.4. The van der Waals surface area contributed by atoms with E-state index in [9.17, 15) is 0 Å². The molecule has 1 heterocycles. The molecule has 0 saturated heterocycles. The summed E-state index contributed by atoms with van der Waals surface area (Å²) in [5, 5.41) is 0. The third kappa shape index (κ3) is 2.22. The molecule has 0 bridgehead atoms. The van der Waals surface area contributed by atoms with Gasteiger partial charge in [0, 0.05) is 8.04 Å². The average molecular weight is 442 g/mol. The fourth-order valence-corrected chi connectivity index (χ4v) is 3.72. The Bertz CT molecular complexity index is 800. The van der Waals surface area contributed by atoms with Crippen LogP contribution in [0.25, 0.3) is 16.7 Å². The Hall–Kier alpha value is -1.08. The van der Waals surface area contributed by atoms with Crippen molar-refractivity contribution in [3.8, 4) is 5.69 Å². The van der Waals surface area contributed by atoms with Crippen LogP contribution in [0.15, 0.2) is 34.8 Å². The van der Waals surface area contributed by atoms with E-state index in [4.69, 9.17) is 5.73 Å². The third-order valence-corrected chi connectivity index (χ3v) is 4.45. The number of fused-ring (bicyclic) bond motifs is 1. The molecule has 0 aliphatic heterocycles. The highest BCUT2D eigenvalue weighted by molar-refractivity contribution is 14.1. The topological polar surface area (TPSA) is 43.8 Å². The molecular weight excluding hydrogens is 429 g/mol. The van der Waals surface area contributed by atoms with Crippen molar-refractivity contribution < 1.29 is 0 Å². The number of nitrogens with zero attached hydrogens (tertiary/aromatic N) is 2. The van der Waals surface area contributed by atoms with Crippen LogP contribution in [-0.4, -0.2) is 9.55 Å². The number of halogens is 2. The lowest BCUT2D eigenvalue weighted by atomic mass is 10.1. The average Bonchev–Trinajstić information content (AvgIpc) is 2.64. The zero-order valence-electron chi connectivity index (χ0n) is 11.1. The maximum Gasteiger partial charge on any atom is 0.205 e. The van der Waals surface area contributed by atoms with E-state index in [-0.39, 0.29) is 0 Å². The predicted molar refractivity (Wildman–Crippen MR) is 95.4 cm³/mol. The summed E-state index contributed by atoms with van der Waals surface area (Å²) in [6.07, 6.45) is 0. The molecule has 0 spiro atoms. The van der Waals surface area contributed by atoms with Gasteiger partial charge in [-0.05, 0) is 77.9 Å². The van der Waals surface area contributed by atoms with Crippen molar-refractivity contribution >= 4 is 55.5 Å². The fourth-order valence-electron chi connectivity index (χ4n) is 2.56. The Balaban J connectivity index is 2.38. The molecule has 0 fully saturated rings. The second-order valence-corrected chi connectivity index (χ2v) is 6.99. The van der Waals surface area contributed by atoms with Crippen LogP contribution in [0.5, 0.6) is 0 Å². The van der Waals surface area contributed by atoms with Crippen LogP contribution in [-0.2, 0) is 0 Å². The van der Waals surface area contributed by atoms with E-state index in [0.29, 0.717) is 5.95 Å². The summed E-state index contributed by atoms with van der Waals surface area (Å²) >= 11 is 5.82. The van der Waals surface area contributed by atoms with Crippen LogP contribution >= 0.6 is 38.5 Å². The van der Waals surface area contributed by atoms with Gasteiger partial charge in [-0.2, -0.15) is 0 Å². The number of nitrogen functional groups attached to an aromatic ring is 1. The van der Waals surface area contributed by atoms with Gasteiger partial charge in [0.2, 0.25) is 5.95 Å². The van der Waals surface area contributed by atoms with Gasteiger partial charge in [0.15, 0.2) is 0 Å². The van der Waals surface area contributed by atoms with Gasteiger partial charge in [-0.15, -0.1) is 0 Å². The summed E-state index contributed by atoms with van der Waals surface area (Å²) in [5.74, 6) is 0.524. The summed E-state index contributed by atoms with van der Waals surface area (Å²) in [5.41, 5.74) is 11.6. The van der Waals surface area contributed by atoms with Crippen molar-refractivity contribution in [2.75, 3.05) is 5.73 Å². The molecule has 3 rings (SSSR count). The van der Waals surface area contributed by atoms with Crippen molar-refractivity contribution in [3.05, 3.63) is 49.5 Å². The minimum absolute atomic E-state index is 0.524. The zero-order chi connectivity index (χ0) is 14.4. The van der Waals surface area contributed by atoms with Gasteiger partial charge >= 0.3 is 0 Å². The molecule has 0 saturated carbocycles. The highest BCUT2D eigenvalue weighted by Crippen LogP contribution is 2.30. The largest absolute Gasteiger partial charge is 0.369 e. The molecule has 102 valence electrons. The number of rotatable bonds is 1. The predicted octanol–water partition coefficient (Wildman–Crippen LogP) is 4.59. The van der Waals surface area contributed by atoms with Crippen molar-refractivity contribution in [1.82, 2.24) is 9.55 Å². The number of aromatic nitrogens is 2.